The highest BCUT2D eigenvalue weighted by Gasteiger charge is 1.89. The Morgan fingerprint density at radius 2 is 2.20 bits per heavy atom. The van der Waals surface area contributed by atoms with Crippen molar-refractivity contribution in [2.75, 3.05) is 0 Å². The summed E-state index contributed by atoms with van der Waals surface area (Å²) in [5.74, 6) is 0.433. The molecule has 4 nitrogen and oxygen atoms in total. The lowest BCUT2D eigenvalue weighted by Crippen LogP contribution is -2.21. The number of hydrogen-bond donors (Lipinski definition) is 2. The van der Waals surface area contributed by atoms with E-state index in [4.69, 9.17) is 11.5 Å². The average Bonchev–Trinajstić information content (AvgIpc) is 1.87. The largest absolute Gasteiger partial charge is 0.369 e. The highest BCUT2D eigenvalue weighted by Crippen LogP contribution is 1.94. The Labute approximate surface area is 61.0 Å². The van der Waals surface area contributed by atoms with Crippen LogP contribution in [0.1, 0.15) is 20.3 Å². The molecule has 0 aromatic rings. The minimum atomic E-state index is -0.000414. The van der Waals surface area contributed by atoms with Crippen LogP contribution in [0.25, 0.3) is 0 Å². The Balaban J connectivity index is 3.66. The smallest absolute Gasteiger partial charge is 0.211 e. The Hall–Kier alpha value is -1.06. The first-order chi connectivity index (χ1) is 4.66. The van der Waals surface area contributed by atoms with Gasteiger partial charge >= 0.3 is 0 Å². The summed E-state index contributed by atoms with van der Waals surface area (Å²) < 4.78 is 0. The molecule has 1 atom stereocenters. The number of hydrogen-bond acceptors (Lipinski definition) is 2. The third-order valence-electron chi connectivity index (χ3n) is 1.14. The summed E-state index contributed by atoms with van der Waals surface area (Å²) >= 11 is 0. The highest BCUT2D eigenvalue weighted by atomic mass is 15.3. The maximum Gasteiger partial charge on any atom is 0.211 e. The standard InChI is InChI=1S/C6H14N4/c1-3-5(2)4-9-10-6(7)8/h4-5H,3H2,1-2H3,(H4,7,8,10). The molecule has 0 heterocycles. The predicted molar refractivity (Wildman–Crippen MR) is 43.8 cm³/mol. The van der Waals surface area contributed by atoms with E-state index in [1.54, 1.807) is 6.21 Å². The minimum Gasteiger partial charge on any atom is -0.369 e. The number of rotatable bonds is 3. The van der Waals surface area contributed by atoms with E-state index in [0.29, 0.717) is 5.92 Å². The second-order valence-corrected chi connectivity index (χ2v) is 2.17. The molecule has 0 aliphatic carbocycles. The average molecular weight is 142 g/mol. The first kappa shape index (κ1) is 8.94. The van der Waals surface area contributed by atoms with Crippen LogP contribution < -0.4 is 11.5 Å². The molecule has 0 spiro atoms. The predicted octanol–water partition coefficient (Wildman–Crippen LogP) is 0.292. The van der Waals surface area contributed by atoms with E-state index < -0.39 is 0 Å². The Bertz CT molecular complexity index is 135. The zero-order chi connectivity index (χ0) is 7.98. The van der Waals surface area contributed by atoms with Crippen LogP contribution in [0.5, 0.6) is 0 Å². The Kier molecular flexibility index (Phi) is 4.28. The van der Waals surface area contributed by atoms with Crippen molar-refractivity contribution in [3.8, 4) is 0 Å². The molecular formula is C6H14N4. The van der Waals surface area contributed by atoms with Gasteiger partial charge in [-0.25, -0.2) is 0 Å². The Morgan fingerprint density at radius 3 is 2.60 bits per heavy atom. The quantitative estimate of drug-likeness (QED) is 0.337. The summed E-state index contributed by atoms with van der Waals surface area (Å²) in [6.45, 7) is 4.12. The fraction of sp³-hybridized carbons (Fsp3) is 0.667. The van der Waals surface area contributed by atoms with Crippen molar-refractivity contribution in [1.29, 1.82) is 0 Å². The summed E-state index contributed by atoms with van der Waals surface area (Å²) in [5, 5.41) is 7.11. The van der Waals surface area contributed by atoms with Crippen LogP contribution in [-0.4, -0.2) is 12.2 Å². The van der Waals surface area contributed by atoms with E-state index in [0.717, 1.165) is 6.42 Å². The molecule has 0 radical (unpaired) electrons. The molecule has 1 unspecified atom stereocenters. The van der Waals surface area contributed by atoms with Crippen LogP contribution in [0.15, 0.2) is 10.2 Å². The van der Waals surface area contributed by atoms with E-state index in [-0.39, 0.29) is 5.96 Å². The van der Waals surface area contributed by atoms with Gasteiger partial charge in [-0.2, -0.15) is 5.10 Å². The first-order valence-corrected chi connectivity index (χ1v) is 3.29. The third-order valence-corrected chi connectivity index (χ3v) is 1.14. The molecule has 4 heteroatoms. The zero-order valence-electron chi connectivity index (χ0n) is 6.41. The Morgan fingerprint density at radius 1 is 1.60 bits per heavy atom. The van der Waals surface area contributed by atoms with Crippen molar-refractivity contribution in [3.63, 3.8) is 0 Å². The second kappa shape index (κ2) is 4.78. The normalized spacial score (nSPS) is 13.4. The van der Waals surface area contributed by atoms with Gasteiger partial charge in [0, 0.05) is 6.21 Å². The molecule has 4 N–H and O–H groups in total. The van der Waals surface area contributed by atoms with Crippen LogP contribution in [0.3, 0.4) is 0 Å². The van der Waals surface area contributed by atoms with Gasteiger partial charge in [0.25, 0.3) is 0 Å². The number of nitrogens with two attached hydrogens (primary N) is 2. The van der Waals surface area contributed by atoms with Crippen LogP contribution >= 0.6 is 0 Å². The lowest BCUT2D eigenvalue weighted by Gasteiger charge is -1.95. The summed E-state index contributed by atoms with van der Waals surface area (Å²) in [4.78, 5) is 0. The fourth-order valence-corrected chi connectivity index (χ4v) is 0.319. The molecule has 0 bridgehead atoms. The molecule has 0 aliphatic heterocycles. The highest BCUT2D eigenvalue weighted by molar-refractivity contribution is 5.76. The summed E-state index contributed by atoms with van der Waals surface area (Å²) in [6, 6.07) is 0. The van der Waals surface area contributed by atoms with Gasteiger partial charge in [-0.15, -0.1) is 5.10 Å². The van der Waals surface area contributed by atoms with Gasteiger partial charge in [-0.3, -0.25) is 0 Å². The summed E-state index contributed by atoms with van der Waals surface area (Å²) in [7, 11) is 0. The zero-order valence-corrected chi connectivity index (χ0v) is 6.41. The van der Waals surface area contributed by atoms with Gasteiger partial charge in [-0.1, -0.05) is 13.8 Å². The number of nitrogens with zero attached hydrogens (tertiary/aromatic N) is 2. The van der Waals surface area contributed by atoms with Gasteiger partial charge in [0.2, 0.25) is 5.96 Å². The molecule has 58 valence electrons. The van der Waals surface area contributed by atoms with E-state index in [1.165, 1.54) is 0 Å². The maximum absolute atomic E-state index is 5.03. The second-order valence-electron chi connectivity index (χ2n) is 2.17. The maximum atomic E-state index is 5.03. The molecular weight excluding hydrogens is 128 g/mol. The number of guanidine groups is 1. The first-order valence-electron chi connectivity index (χ1n) is 3.29. The molecule has 0 aromatic carbocycles. The molecule has 10 heavy (non-hydrogen) atoms. The molecule has 0 aliphatic rings. The molecule has 0 saturated carbocycles. The van der Waals surface area contributed by atoms with Crippen molar-refractivity contribution < 1.29 is 0 Å². The summed E-state index contributed by atoms with van der Waals surface area (Å²) in [5.41, 5.74) is 10.1. The van der Waals surface area contributed by atoms with Crippen LogP contribution in [0.4, 0.5) is 0 Å². The molecule has 0 saturated heterocycles. The van der Waals surface area contributed by atoms with Gasteiger partial charge in [0.1, 0.15) is 0 Å². The van der Waals surface area contributed by atoms with Crippen molar-refractivity contribution in [1.82, 2.24) is 0 Å². The van der Waals surface area contributed by atoms with Crippen LogP contribution in [-0.2, 0) is 0 Å². The van der Waals surface area contributed by atoms with Crippen LogP contribution in [0.2, 0.25) is 0 Å². The monoisotopic (exact) mass is 142 g/mol. The van der Waals surface area contributed by atoms with Crippen molar-refractivity contribution in [2.45, 2.75) is 20.3 Å². The van der Waals surface area contributed by atoms with Gasteiger partial charge in [0.05, 0.1) is 0 Å². The summed E-state index contributed by atoms with van der Waals surface area (Å²) in [6.07, 6.45) is 2.77. The topological polar surface area (TPSA) is 76.8 Å². The fourth-order valence-electron chi connectivity index (χ4n) is 0.319. The van der Waals surface area contributed by atoms with Gasteiger partial charge < -0.3 is 11.5 Å². The van der Waals surface area contributed by atoms with Crippen molar-refractivity contribution in [3.05, 3.63) is 0 Å². The van der Waals surface area contributed by atoms with Crippen molar-refractivity contribution >= 4 is 12.2 Å². The minimum absolute atomic E-state index is 0.000414. The van der Waals surface area contributed by atoms with E-state index in [2.05, 4.69) is 17.1 Å². The van der Waals surface area contributed by atoms with Gasteiger partial charge in [0.15, 0.2) is 0 Å². The van der Waals surface area contributed by atoms with Crippen molar-refractivity contribution in [2.24, 2.45) is 27.6 Å². The lowest BCUT2D eigenvalue weighted by molar-refractivity contribution is 0.751. The van der Waals surface area contributed by atoms with E-state index in [9.17, 15) is 0 Å². The van der Waals surface area contributed by atoms with Crippen LogP contribution in [0, 0.1) is 5.92 Å². The third kappa shape index (κ3) is 5.08. The van der Waals surface area contributed by atoms with E-state index >= 15 is 0 Å². The molecule has 0 rings (SSSR count). The van der Waals surface area contributed by atoms with Gasteiger partial charge in [-0.05, 0) is 12.3 Å². The van der Waals surface area contributed by atoms with E-state index in [1.807, 2.05) is 6.92 Å². The molecule has 0 fully saturated rings. The molecule has 0 amide bonds. The lowest BCUT2D eigenvalue weighted by atomic mass is 10.1. The molecule has 0 aromatic heterocycles. The SMILES string of the molecule is CCC(C)C=NN=C(N)N.